The molecule has 0 unspecified atom stereocenters. The molecule has 0 spiro atoms. The van der Waals surface area contributed by atoms with E-state index in [4.69, 9.17) is 14.5 Å². The first-order valence-corrected chi connectivity index (χ1v) is 16.3. The van der Waals surface area contributed by atoms with Gasteiger partial charge >= 0.3 is 7.40 Å². The number of benzene rings is 5. The lowest BCUT2D eigenvalue weighted by Crippen LogP contribution is -2.21. The highest BCUT2D eigenvalue weighted by atomic mass is 19.2. The number of hydrogen-bond donors (Lipinski definition) is 2. The van der Waals surface area contributed by atoms with Crippen LogP contribution in [0.3, 0.4) is 0 Å². The maximum atomic E-state index is 15.9. The summed E-state index contributed by atoms with van der Waals surface area (Å²) in [6.07, 6.45) is 0. The highest BCUT2D eigenvalue weighted by Gasteiger charge is 2.35. The van der Waals surface area contributed by atoms with E-state index in [1.54, 1.807) is 14.2 Å². The van der Waals surface area contributed by atoms with E-state index in [1.807, 2.05) is 121 Å². The van der Waals surface area contributed by atoms with Crippen LogP contribution in [0.15, 0.2) is 138 Å². The molecule has 0 amide bonds. The van der Waals surface area contributed by atoms with E-state index < -0.39 is 7.40 Å². The standard InChI is InChI=1S/C41H29BF2N4O2/c1-49-27-20-16-25(17-21-27)33-36-29-12-6-8-14-31(29)45-40(36)47-38(33)35(24-10-4-3-5-11-24)39-34(26-18-22-28(50-2)23-19-26)37-30-13-7-9-15-32(30)46-41(37)48(39)42(43)44/h3-23,46H,1-2H3,(H,45,47)/b38-35-. The molecule has 9 heteroatoms. The van der Waals surface area contributed by atoms with E-state index in [-0.39, 0.29) is 0 Å². The van der Waals surface area contributed by atoms with Gasteiger partial charge in [0.1, 0.15) is 22.6 Å². The molecule has 1 aliphatic rings. The van der Waals surface area contributed by atoms with Crippen LogP contribution in [0.1, 0.15) is 16.8 Å². The molecule has 50 heavy (non-hydrogen) atoms. The lowest BCUT2D eigenvalue weighted by molar-refractivity contribution is 0.414. The molecular weight excluding hydrogens is 629 g/mol. The molecule has 4 heterocycles. The summed E-state index contributed by atoms with van der Waals surface area (Å²) < 4.78 is 43.8. The van der Waals surface area contributed by atoms with E-state index in [0.29, 0.717) is 50.5 Å². The zero-order valence-electron chi connectivity index (χ0n) is 27.2. The Morgan fingerprint density at radius 3 is 1.88 bits per heavy atom. The number of aromatic nitrogens is 3. The van der Waals surface area contributed by atoms with Gasteiger partial charge in [0.2, 0.25) is 0 Å². The van der Waals surface area contributed by atoms with Crippen LogP contribution in [0.4, 0.5) is 8.63 Å². The number of H-pyrrole nitrogens is 2. The first-order valence-electron chi connectivity index (χ1n) is 16.3. The normalized spacial score (nSPS) is 13.6. The fourth-order valence-electron chi connectivity index (χ4n) is 7.35. The summed E-state index contributed by atoms with van der Waals surface area (Å²) in [7, 11) is 0.366. The maximum absolute atomic E-state index is 15.9. The van der Waals surface area contributed by atoms with Crippen molar-refractivity contribution in [3.63, 3.8) is 0 Å². The van der Waals surface area contributed by atoms with Crippen molar-refractivity contribution in [2.24, 2.45) is 4.99 Å². The molecule has 0 atom stereocenters. The number of nitrogens with zero attached hydrogens (tertiary/aromatic N) is 2. The van der Waals surface area contributed by atoms with Crippen molar-refractivity contribution in [1.82, 2.24) is 14.4 Å². The topological polar surface area (TPSA) is 67.3 Å². The number of rotatable bonds is 7. The summed E-state index contributed by atoms with van der Waals surface area (Å²) in [5.74, 6) is 1.39. The molecule has 3 aromatic heterocycles. The molecule has 1 aliphatic heterocycles. The summed E-state index contributed by atoms with van der Waals surface area (Å²) >= 11 is 0. The third-order valence-electron chi connectivity index (χ3n) is 9.54. The fraction of sp³-hybridized carbons (Fsp3) is 0.0488. The summed E-state index contributed by atoms with van der Waals surface area (Å²) in [5.41, 5.74) is 8.22. The predicted octanol–water partition coefficient (Wildman–Crippen LogP) is 8.35. The first kappa shape index (κ1) is 29.8. The van der Waals surface area contributed by atoms with Crippen molar-refractivity contribution < 1.29 is 18.1 Å². The molecule has 0 radical (unpaired) electrons. The fourth-order valence-corrected chi connectivity index (χ4v) is 7.35. The van der Waals surface area contributed by atoms with Crippen molar-refractivity contribution in [2.75, 3.05) is 14.2 Å². The molecule has 5 aromatic carbocycles. The third kappa shape index (κ3) is 4.50. The van der Waals surface area contributed by atoms with Crippen LogP contribution in [0.2, 0.25) is 0 Å². The highest BCUT2D eigenvalue weighted by molar-refractivity contribution is 6.44. The van der Waals surface area contributed by atoms with E-state index in [2.05, 4.69) is 16.0 Å². The molecule has 0 bridgehead atoms. The monoisotopic (exact) mass is 658 g/mol. The average Bonchev–Trinajstić information content (AvgIpc) is 3.90. The lowest BCUT2D eigenvalue weighted by Gasteiger charge is -2.19. The van der Waals surface area contributed by atoms with Gasteiger partial charge < -0.3 is 23.9 Å². The van der Waals surface area contributed by atoms with E-state index in [0.717, 1.165) is 53.8 Å². The predicted molar refractivity (Wildman–Crippen MR) is 196 cm³/mol. The smallest absolute Gasteiger partial charge is 0.497 e. The Labute approximate surface area is 285 Å². The van der Waals surface area contributed by atoms with Crippen LogP contribution in [0, 0.1) is 0 Å². The van der Waals surface area contributed by atoms with Crippen LogP contribution < -0.4 is 20.2 Å². The van der Waals surface area contributed by atoms with Crippen LogP contribution in [0.25, 0.3) is 55.1 Å². The SMILES string of the molecule is COc1ccc(C2=c3c([nH]c4ccccc34)=N/C2=C(/c2ccccc2)c2c(-c3ccc(OC)cc3)c3c4ccccc4[nH]c3n2B(F)F)cc1. The highest BCUT2D eigenvalue weighted by Crippen LogP contribution is 2.47. The van der Waals surface area contributed by atoms with Crippen LogP contribution in [-0.4, -0.2) is 36.1 Å². The number of halogens is 2. The van der Waals surface area contributed by atoms with Gasteiger partial charge in [-0.05, 0) is 53.1 Å². The number of ether oxygens (including phenoxy) is 2. The van der Waals surface area contributed by atoms with Gasteiger partial charge in [-0.25, -0.2) is 4.99 Å². The number of aromatic amines is 2. The molecule has 2 N–H and O–H groups in total. The van der Waals surface area contributed by atoms with Crippen LogP contribution in [0.5, 0.6) is 11.5 Å². The summed E-state index contributed by atoms with van der Waals surface area (Å²) in [5, 5.41) is 3.48. The number of hydrogen-bond acceptors (Lipinski definition) is 3. The Morgan fingerprint density at radius 1 is 0.660 bits per heavy atom. The molecule has 0 saturated heterocycles. The van der Waals surface area contributed by atoms with Gasteiger partial charge in [-0.15, -0.1) is 0 Å². The second kappa shape index (κ2) is 11.7. The van der Waals surface area contributed by atoms with E-state index in [9.17, 15) is 0 Å². The number of nitrogens with one attached hydrogen (secondary N) is 2. The van der Waals surface area contributed by atoms with Crippen molar-refractivity contribution in [3.05, 3.63) is 161 Å². The van der Waals surface area contributed by atoms with Crippen LogP contribution >= 0.6 is 0 Å². The van der Waals surface area contributed by atoms with E-state index >= 15 is 8.63 Å². The molecule has 8 aromatic rings. The minimum Gasteiger partial charge on any atom is -0.497 e. The summed E-state index contributed by atoms with van der Waals surface area (Å²) in [6, 6.07) is 40.9. The Kier molecular flexibility index (Phi) is 6.94. The van der Waals surface area contributed by atoms with Gasteiger partial charge in [0.05, 0.1) is 25.6 Å². The van der Waals surface area contributed by atoms with Gasteiger partial charge in [0.15, 0.2) is 0 Å². The molecular formula is C41H29BF2N4O2. The number of allylic oxidation sites excluding steroid dienone is 1. The van der Waals surface area contributed by atoms with Crippen LogP contribution in [-0.2, 0) is 0 Å². The Balaban J connectivity index is 1.49. The number of para-hydroxylation sites is 2. The van der Waals surface area contributed by atoms with Gasteiger partial charge in [-0.1, -0.05) is 91.0 Å². The summed E-state index contributed by atoms with van der Waals surface area (Å²) in [6.45, 7) is 0. The number of fused-ring (bicyclic) bond motifs is 6. The minimum atomic E-state index is -2.88. The minimum absolute atomic E-state index is 0.337. The van der Waals surface area contributed by atoms with E-state index in [1.165, 1.54) is 0 Å². The molecule has 0 aliphatic carbocycles. The second-order valence-corrected chi connectivity index (χ2v) is 12.2. The summed E-state index contributed by atoms with van der Waals surface area (Å²) in [4.78, 5) is 12.1. The van der Waals surface area contributed by atoms with Crippen molar-refractivity contribution in [2.45, 2.75) is 0 Å². The Hall–Kier alpha value is -6.35. The Morgan fingerprint density at radius 2 is 1.24 bits per heavy atom. The average molecular weight is 659 g/mol. The third-order valence-corrected chi connectivity index (χ3v) is 9.54. The molecule has 9 rings (SSSR count). The van der Waals surface area contributed by atoms with Gasteiger partial charge in [0, 0.05) is 49.1 Å². The number of methoxy groups -OCH3 is 2. The van der Waals surface area contributed by atoms with Crippen molar-refractivity contribution in [1.29, 1.82) is 0 Å². The first-order chi connectivity index (χ1) is 24.6. The zero-order chi connectivity index (χ0) is 33.9. The van der Waals surface area contributed by atoms with Gasteiger partial charge in [0.25, 0.3) is 0 Å². The second-order valence-electron chi connectivity index (χ2n) is 12.2. The van der Waals surface area contributed by atoms with Crippen molar-refractivity contribution in [3.8, 4) is 22.6 Å². The quantitative estimate of drug-likeness (QED) is 0.169. The zero-order valence-corrected chi connectivity index (χ0v) is 27.2. The largest absolute Gasteiger partial charge is 0.679 e. The molecule has 0 fully saturated rings. The maximum Gasteiger partial charge on any atom is 0.679 e. The van der Waals surface area contributed by atoms with Gasteiger partial charge in [-0.3, -0.25) is 8.63 Å². The Bertz CT molecular complexity index is 2740. The molecule has 0 saturated carbocycles. The molecule has 242 valence electrons. The van der Waals surface area contributed by atoms with Crippen molar-refractivity contribution >= 4 is 51.4 Å². The van der Waals surface area contributed by atoms with Gasteiger partial charge in [-0.2, -0.15) is 0 Å². The lowest BCUT2D eigenvalue weighted by atomic mass is 9.88. The molecule has 6 nitrogen and oxygen atoms in total.